The molecular weight excluding hydrogens is 614 g/mol. The van der Waals surface area contributed by atoms with E-state index >= 15 is 0 Å². The lowest BCUT2D eigenvalue weighted by atomic mass is 10.1. The summed E-state index contributed by atoms with van der Waals surface area (Å²) < 4.78 is 0. The lowest BCUT2D eigenvalue weighted by Crippen LogP contribution is -2.30. The van der Waals surface area contributed by atoms with Crippen LogP contribution in [0.25, 0.3) is 6.08 Å². The molecule has 0 aromatic heterocycles. The third kappa shape index (κ3) is 8.75. The van der Waals surface area contributed by atoms with Crippen molar-refractivity contribution in [1.82, 2.24) is 5.32 Å². The predicted octanol–water partition coefficient (Wildman–Crippen LogP) is 8.84. The maximum Gasteiger partial charge on any atom is 0.272 e. The van der Waals surface area contributed by atoms with Crippen LogP contribution in [0.2, 0.25) is 5.02 Å². The van der Waals surface area contributed by atoms with Gasteiger partial charge in [-0.05, 0) is 85.1 Å². The number of anilines is 2. The Bertz CT molecular complexity index is 1860. The Kier molecular flexibility index (Phi) is 10.7. The monoisotopic (exact) mass is 645 g/mol. The number of aryl methyl sites for hydroxylation is 2. The second kappa shape index (κ2) is 15.3. The fraction of sp³-hybridized carbons (Fsp3) is 0.0789. The molecule has 5 aromatic rings. The van der Waals surface area contributed by atoms with Gasteiger partial charge in [0.25, 0.3) is 11.8 Å². The Hall–Kier alpha value is -5.11. The van der Waals surface area contributed by atoms with E-state index in [9.17, 15) is 14.4 Å². The van der Waals surface area contributed by atoms with Gasteiger partial charge in [-0.25, -0.2) is 0 Å². The lowest BCUT2D eigenvalue weighted by molar-refractivity contribution is -0.116. The van der Waals surface area contributed by atoms with Crippen LogP contribution in [0.3, 0.4) is 0 Å². The van der Waals surface area contributed by atoms with Gasteiger partial charge in [-0.2, -0.15) is 0 Å². The summed E-state index contributed by atoms with van der Waals surface area (Å²) in [4.78, 5) is 40.8. The van der Waals surface area contributed by atoms with Gasteiger partial charge in [0.2, 0.25) is 5.91 Å². The zero-order chi connectivity index (χ0) is 32.5. The molecule has 1 unspecified atom stereocenters. The van der Waals surface area contributed by atoms with Crippen molar-refractivity contribution in [2.24, 2.45) is 0 Å². The summed E-state index contributed by atoms with van der Waals surface area (Å²) in [7, 11) is 0. The zero-order valence-electron chi connectivity index (χ0n) is 25.3. The summed E-state index contributed by atoms with van der Waals surface area (Å²) in [6, 6.07) is 38.5. The molecule has 0 radical (unpaired) electrons. The average molecular weight is 646 g/mol. The molecular formula is C38H32ClN3O3S. The number of hydrogen-bond acceptors (Lipinski definition) is 4. The molecule has 230 valence electrons. The normalized spacial score (nSPS) is 11.8. The number of halogens is 1. The van der Waals surface area contributed by atoms with Crippen molar-refractivity contribution in [2.45, 2.75) is 24.0 Å². The minimum absolute atomic E-state index is 0.105. The van der Waals surface area contributed by atoms with Crippen LogP contribution in [0.4, 0.5) is 11.4 Å². The maximum absolute atomic E-state index is 13.6. The van der Waals surface area contributed by atoms with E-state index in [1.165, 1.54) is 11.8 Å². The summed E-state index contributed by atoms with van der Waals surface area (Å²) in [5.74, 6) is -1.04. The Labute approximate surface area is 277 Å². The van der Waals surface area contributed by atoms with Crippen LogP contribution in [0, 0.1) is 13.8 Å². The Morgan fingerprint density at radius 3 is 2.07 bits per heavy atom. The van der Waals surface area contributed by atoms with Crippen molar-refractivity contribution in [3.05, 3.63) is 166 Å². The molecule has 46 heavy (non-hydrogen) atoms. The first-order valence-electron chi connectivity index (χ1n) is 14.6. The van der Waals surface area contributed by atoms with Gasteiger partial charge in [0.15, 0.2) is 0 Å². The van der Waals surface area contributed by atoms with E-state index in [2.05, 4.69) is 16.0 Å². The number of carbonyl (C=O) groups excluding carboxylic acids is 3. The first-order valence-corrected chi connectivity index (χ1v) is 15.9. The van der Waals surface area contributed by atoms with Crippen LogP contribution >= 0.6 is 23.4 Å². The molecule has 0 fully saturated rings. The van der Waals surface area contributed by atoms with E-state index < -0.39 is 11.2 Å². The van der Waals surface area contributed by atoms with Crippen LogP contribution in [0.15, 0.2) is 138 Å². The Balaban J connectivity index is 1.33. The summed E-state index contributed by atoms with van der Waals surface area (Å²) in [6.07, 6.45) is 1.64. The van der Waals surface area contributed by atoms with E-state index in [-0.39, 0.29) is 17.5 Å². The summed E-state index contributed by atoms with van der Waals surface area (Å²) in [6.45, 7) is 3.90. The van der Waals surface area contributed by atoms with Crippen molar-refractivity contribution >= 4 is 58.5 Å². The maximum atomic E-state index is 13.6. The molecule has 0 saturated carbocycles. The molecule has 0 saturated heterocycles. The van der Waals surface area contributed by atoms with Gasteiger partial charge in [-0.3, -0.25) is 14.4 Å². The Morgan fingerprint density at radius 1 is 0.739 bits per heavy atom. The molecule has 1 atom stereocenters. The van der Waals surface area contributed by atoms with E-state index in [1.54, 1.807) is 54.6 Å². The molecule has 0 aliphatic rings. The van der Waals surface area contributed by atoms with Gasteiger partial charge in [0.1, 0.15) is 10.9 Å². The number of thioether (sulfide) groups is 1. The van der Waals surface area contributed by atoms with Crippen LogP contribution < -0.4 is 16.0 Å². The molecule has 6 nitrogen and oxygen atoms in total. The predicted molar refractivity (Wildman–Crippen MR) is 188 cm³/mol. The second-order valence-electron chi connectivity index (χ2n) is 10.6. The van der Waals surface area contributed by atoms with Gasteiger partial charge in [0.05, 0.1) is 0 Å². The van der Waals surface area contributed by atoms with Gasteiger partial charge >= 0.3 is 0 Å². The summed E-state index contributed by atoms with van der Waals surface area (Å²) >= 11 is 7.58. The topological polar surface area (TPSA) is 87.3 Å². The average Bonchev–Trinajstić information content (AvgIpc) is 3.07. The van der Waals surface area contributed by atoms with Crippen LogP contribution in [-0.4, -0.2) is 17.7 Å². The van der Waals surface area contributed by atoms with Gasteiger partial charge in [-0.1, -0.05) is 96.0 Å². The van der Waals surface area contributed by atoms with Crippen molar-refractivity contribution < 1.29 is 14.4 Å². The van der Waals surface area contributed by atoms with Gasteiger partial charge < -0.3 is 16.0 Å². The number of rotatable bonds is 10. The third-order valence-corrected chi connectivity index (χ3v) is 8.58. The third-order valence-electron chi connectivity index (χ3n) is 7.08. The fourth-order valence-electron chi connectivity index (χ4n) is 4.55. The number of carbonyl (C=O) groups is 3. The molecule has 3 N–H and O–H groups in total. The molecule has 5 aromatic carbocycles. The second-order valence-corrected chi connectivity index (χ2v) is 12.2. The van der Waals surface area contributed by atoms with E-state index in [0.717, 1.165) is 27.1 Å². The minimum Gasteiger partial charge on any atom is -0.325 e. The lowest BCUT2D eigenvalue weighted by Gasteiger charge is -2.18. The highest BCUT2D eigenvalue weighted by Gasteiger charge is 2.23. The van der Waals surface area contributed by atoms with Gasteiger partial charge in [-0.15, -0.1) is 11.8 Å². The van der Waals surface area contributed by atoms with Crippen molar-refractivity contribution in [1.29, 1.82) is 0 Å². The van der Waals surface area contributed by atoms with Crippen LogP contribution in [-0.2, 0) is 9.59 Å². The zero-order valence-corrected chi connectivity index (χ0v) is 26.9. The number of benzene rings is 5. The first-order chi connectivity index (χ1) is 22.2. The Morgan fingerprint density at radius 2 is 1.39 bits per heavy atom. The highest BCUT2D eigenvalue weighted by atomic mass is 35.5. The van der Waals surface area contributed by atoms with E-state index in [1.807, 2.05) is 92.7 Å². The molecule has 3 amide bonds. The first kappa shape index (κ1) is 32.3. The molecule has 8 heteroatoms. The number of nitrogens with one attached hydrogen (secondary N) is 3. The van der Waals surface area contributed by atoms with Crippen molar-refractivity contribution in [3.8, 4) is 0 Å². The number of amides is 3. The SMILES string of the molecule is Cc1ccc(/C=C(\NC(=O)c2ccccc2)C(=O)Nc2ccc(SC(C(=O)Nc3cc(Cl)ccc3C)c3ccccc3)cc2)cc1. The highest BCUT2D eigenvalue weighted by Crippen LogP contribution is 2.37. The molecule has 0 spiro atoms. The summed E-state index contributed by atoms with van der Waals surface area (Å²) in [5, 5.41) is 8.68. The molecule has 0 bridgehead atoms. The van der Waals surface area contributed by atoms with Crippen LogP contribution in [0.5, 0.6) is 0 Å². The highest BCUT2D eigenvalue weighted by molar-refractivity contribution is 8.00. The molecule has 0 heterocycles. The summed E-state index contributed by atoms with van der Waals surface area (Å²) in [5.41, 5.74) is 5.35. The van der Waals surface area contributed by atoms with Crippen molar-refractivity contribution in [3.63, 3.8) is 0 Å². The largest absolute Gasteiger partial charge is 0.325 e. The molecule has 5 rings (SSSR count). The fourth-order valence-corrected chi connectivity index (χ4v) is 5.75. The smallest absolute Gasteiger partial charge is 0.272 e. The van der Waals surface area contributed by atoms with Crippen LogP contribution in [0.1, 0.15) is 37.9 Å². The van der Waals surface area contributed by atoms with Gasteiger partial charge in [0, 0.05) is 26.9 Å². The molecule has 0 aliphatic carbocycles. The molecule has 0 aliphatic heterocycles. The quantitative estimate of drug-likeness (QED) is 0.105. The standard InChI is InChI=1S/C38H32ClN3O3S/c1-25-13-16-27(17-14-25)23-34(42-36(43)29-11-7-4-8-12-29)37(44)40-31-19-21-32(22-20-31)46-35(28-9-5-3-6-10-28)38(45)41-33-24-30(39)18-15-26(33)2/h3-24,35H,1-2H3,(H,40,44)(H,41,45)(H,42,43)/b34-23-. The van der Waals surface area contributed by atoms with E-state index in [0.29, 0.717) is 22.0 Å². The number of hydrogen-bond donors (Lipinski definition) is 3. The minimum atomic E-state index is -0.544. The van der Waals surface area contributed by atoms with E-state index in [4.69, 9.17) is 11.6 Å². The van der Waals surface area contributed by atoms with Crippen molar-refractivity contribution in [2.75, 3.05) is 10.6 Å².